The SMILES string of the molecule is CCCCc1nc2c(N)nc3ccccc3c2n1Cc1ccc(CCC(=O)OCc2ccc(CC(C)(C)C)cc2)cc1. The van der Waals surface area contributed by atoms with E-state index in [9.17, 15) is 4.79 Å². The van der Waals surface area contributed by atoms with Crippen LogP contribution in [0.1, 0.15) is 75.0 Å². The molecule has 42 heavy (non-hydrogen) atoms. The molecule has 0 aliphatic rings. The minimum atomic E-state index is -0.179. The summed E-state index contributed by atoms with van der Waals surface area (Å²) < 4.78 is 7.85. The fourth-order valence-electron chi connectivity index (χ4n) is 5.44. The van der Waals surface area contributed by atoms with E-state index in [1.807, 2.05) is 18.2 Å². The number of rotatable bonds is 11. The van der Waals surface area contributed by atoms with Crippen LogP contribution in [0.15, 0.2) is 72.8 Å². The largest absolute Gasteiger partial charge is 0.461 e. The van der Waals surface area contributed by atoms with Crippen molar-refractivity contribution in [2.24, 2.45) is 5.41 Å². The quantitative estimate of drug-likeness (QED) is 0.166. The van der Waals surface area contributed by atoms with Crippen LogP contribution < -0.4 is 5.73 Å². The van der Waals surface area contributed by atoms with Gasteiger partial charge in [0, 0.05) is 24.8 Å². The maximum atomic E-state index is 12.5. The smallest absolute Gasteiger partial charge is 0.306 e. The lowest BCUT2D eigenvalue weighted by molar-refractivity contribution is -0.144. The van der Waals surface area contributed by atoms with E-state index in [0.29, 0.717) is 31.8 Å². The van der Waals surface area contributed by atoms with Gasteiger partial charge in [-0.25, -0.2) is 9.97 Å². The normalized spacial score (nSPS) is 11.8. The number of nitrogens with two attached hydrogens (primary N) is 1. The number of aromatic nitrogens is 3. The minimum absolute atomic E-state index is 0.179. The molecule has 0 atom stereocenters. The molecule has 2 aromatic heterocycles. The zero-order valence-electron chi connectivity index (χ0n) is 25.3. The summed E-state index contributed by atoms with van der Waals surface area (Å²) in [7, 11) is 0. The summed E-state index contributed by atoms with van der Waals surface area (Å²) in [6.45, 7) is 9.90. The Morgan fingerprint density at radius 1 is 0.857 bits per heavy atom. The maximum Gasteiger partial charge on any atom is 0.306 e. The second-order valence-corrected chi connectivity index (χ2v) is 12.5. The van der Waals surface area contributed by atoms with E-state index in [-0.39, 0.29) is 11.4 Å². The van der Waals surface area contributed by atoms with E-state index in [1.165, 1.54) is 11.1 Å². The molecule has 3 aromatic carbocycles. The molecule has 0 aliphatic heterocycles. The van der Waals surface area contributed by atoms with Gasteiger partial charge in [-0.2, -0.15) is 0 Å². The van der Waals surface area contributed by atoms with Crippen molar-refractivity contribution < 1.29 is 9.53 Å². The Labute approximate surface area is 248 Å². The van der Waals surface area contributed by atoms with Crippen molar-refractivity contribution in [1.82, 2.24) is 14.5 Å². The van der Waals surface area contributed by atoms with Gasteiger partial charge in [0.2, 0.25) is 0 Å². The molecule has 0 radical (unpaired) electrons. The molecule has 6 heteroatoms. The first kappa shape index (κ1) is 29.3. The van der Waals surface area contributed by atoms with Crippen molar-refractivity contribution in [2.75, 3.05) is 5.73 Å². The fourth-order valence-corrected chi connectivity index (χ4v) is 5.44. The van der Waals surface area contributed by atoms with Crippen molar-refractivity contribution in [3.8, 4) is 0 Å². The number of benzene rings is 3. The van der Waals surface area contributed by atoms with Gasteiger partial charge < -0.3 is 15.0 Å². The van der Waals surface area contributed by atoms with E-state index in [4.69, 9.17) is 15.5 Å². The maximum absolute atomic E-state index is 12.5. The molecule has 0 saturated carbocycles. The minimum Gasteiger partial charge on any atom is -0.461 e. The Hall–Kier alpha value is -4.19. The zero-order valence-corrected chi connectivity index (χ0v) is 25.3. The summed E-state index contributed by atoms with van der Waals surface area (Å²) >= 11 is 0. The summed E-state index contributed by atoms with van der Waals surface area (Å²) in [4.78, 5) is 22.0. The number of carbonyl (C=O) groups excluding carboxylic acids is 1. The third-order valence-electron chi connectivity index (χ3n) is 7.58. The van der Waals surface area contributed by atoms with E-state index >= 15 is 0 Å². The summed E-state index contributed by atoms with van der Waals surface area (Å²) in [5, 5.41) is 1.06. The van der Waals surface area contributed by atoms with Gasteiger partial charge in [-0.15, -0.1) is 0 Å². The number of nitrogens with zero attached hydrogens (tertiary/aromatic N) is 3. The van der Waals surface area contributed by atoms with E-state index < -0.39 is 0 Å². The van der Waals surface area contributed by atoms with Gasteiger partial charge in [0.05, 0.1) is 11.0 Å². The van der Waals surface area contributed by atoms with Crippen LogP contribution in [0, 0.1) is 5.41 Å². The predicted octanol–water partition coefficient (Wildman–Crippen LogP) is 7.82. The first-order valence-electron chi connectivity index (χ1n) is 15.0. The summed E-state index contributed by atoms with van der Waals surface area (Å²) in [5.41, 5.74) is 13.9. The van der Waals surface area contributed by atoms with E-state index in [0.717, 1.165) is 64.6 Å². The molecule has 0 unspecified atom stereocenters. The number of fused-ring (bicyclic) bond motifs is 3. The number of ether oxygens (including phenoxy) is 1. The van der Waals surface area contributed by atoms with Crippen LogP contribution >= 0.6 is 0 Å². The lowest BCUT2D eigenvalue weighted by Crippen LogP contribution is -2.09. The van der Waals surface area contributed by atoms with Crippen LogP contribution in [0.4, 0.5) is 5.82 Å². The highest BCUT2D eigenvalue weighted by Crippen LogP contribution is 2.30. The Kier molecular flexibility index (Phi) is 8.91. The number of pyridine rings is 1. The second-order valence-electron chi connectivity index (χ2n) is 12.5. The van der Waals surface area contributed by atoms with Gasteiger partial charge in [0.15, 0.2) is 5.82 Å². The first-order chi connectivity index (χ1) is 20.2. The Bertz CT molecular complexity index is 1660. The molecule has 2 heterocycles. The lowest BCUT2D eigenvalue weighted by Gasteiger charge is -2.18. The van der Waals surface area contributed by atoms with Gasteiger partial charge in [-0.1, -0.05) is 101 Å². The molecule has 0 fully saturated rings. The van der Waals surface area contributed by atoms with Crippen LogP contribution in [0.3, 0.4) is 0 Å². The van der Waals surface area contributed by atoms with Gasteiger partial charge in [-0.3, -0.25) is 4.79 Å². The average molecular weight is 563 g/mol. The summed E-state index contributed by atoms with van der Waals surface area (Å²) in [6.07, 6.45) is 5.07. The standard InChI is InChI=1S/C36H42N4O2/c1-5-6-11-31-39-33-34(29-9-7-8-10-30(29)38-35(33)37)40(31)23-27-16-12-25(13-17-27)20-21-32(41)42-24-28-18-14-26(15-19-28)22-36(2,3)4/h7-10,12-19H,5-6,11,20-24H2,1-4H3,(H2,37,38). The van der Waals surface area contributed by atoms with Gasteiger partial charge in [-0.05, 0) is 53.0 Å². The molecule has 0 saturated heterocycles. The van der Waals surface area contributed by atoms with Crippen molar-refractivity contribution in [2.45, 2.75) is 79.4 Å². The molecule has 0 spiro atoms. The first-order valence-corrected chi connectivity index (χ1v) is 15.0. The van der Waals surface area contributed by atoms with Crippen LogP contribution in [0.5, 0.6) is 0 Å². The van der Waals surface area contributed by atoms with Crippen molar-refractivity contribution in [3.05, 3.63) is 101 Å². The predicted molar refractivity (Wildman–Crippen MR) is 171 cm³/mol. The number of imidazole rings is 1. The average Bonchev–Trinajstić information content (AvgIpc) is 3.33. The molecule has 0 amide bonds. The summed E-state index contributed by atoms with van der Waals surface area (Å²) in [5.74, 6) is 1.33. The molecule has 6 nitrogen and oxygen atoms in total. The molecule has 0 aliphatic carbocycles. The van der Waals surface area contributed by atoms with E-state index in [2.05, 4.69) is 91.8 Å². The van der Waals surface area contributed by atoms with Gasteiger partial charge in [0.1, 0.15) is 17.9 Å². The lowest BCUT2D eigenvalue weighted by atomic mass is 9.88. The summed E-state index contributed by atoms with van der Waals surface area (Å²) in [6, 6.07) is 25.0. The molecular weight excluding hydrogens is 520 g/mol. The topological polar surface area (TPSA) is 83.0 Å². The second kappa shape index (κ2) is 12.8. The van der Waals surface area contributed by atoms with Crippen molar-refractivity contribution in [1.29, 1.82) is 0 Å². The molecule has 5 rings (SSSR count). The zero-order chi connectivity index (χ0) is 29.7. The van der Waals surface area contributed by atoms with Crippen molar-refractivity contribution in [3.63, 3.8) is 0 Å². The monoisotopic (exact) mass is 562 g/mol. The highest BCUT2D eigenvalue weighted by molar-refractivity contribution is 6.06. The molecule has 0 bridgehead atoms. The number of nitrogen functional groups attached to an aromatic ring is 1. The highest BCUT2D eigenvalue weighted by atomic mass is 16.5. The van der Waals surface area contributed by atoms with Crippen molar-refractivity contribution >= 4 is 33.7 Å². The number of anilines is 1. The Balaban J connectivity index is 1.22. The third-order valence-corrected chi connectivity index (χ3v) is 7.58. The van der Waals surface area contributed by atoms with Crippen LogP contribution in [0.25, 0.3) is 21.9 Å². The van der Waals surface area contributed by atoms with E-state index in [1.54, 1.807) is 0 Å². The number of para-hydroxylation sites is 1. The Morgan fingerprint density at radius 3 is 2.24 bits per heavy atom. The number of carbonyl (C=O) groups is 1. The number of esters is 1. The molecule has 2 N–H and O–H groups in total. The number of hydrogen-bond acceptors (Lipinski definition) is 5. The van der Waals surface area contributed by atoms with Gasteiger partial charge in [0.25, 0.3) is 0 Å². The van der Waals surface area contributed by atoms with Crippen LogP contribution in [-0.4, -0.2) is 20.5 Å². The van der Waals surface area contributed by atoms with Gasteiger partial charge >= 0.3 is 5.97 Å². The van der Waals surface area contributed by atoms with Crippen LogP contribution in [0.2, 0.25) is 0 Å². The number of unbranched alkanes of at least 4 members (excludes halogenated alkanes) is 1. The molecule has 5 aromatic rings. The third kappa shape index (κ3) is 7.17. The molecule has 218 valence electrons. The number of hydrogen-bond donors (Lipinski definition) is 1. The molecular formula is C36H42N4O2. The number of aryl methyl sites for hydroxylation is 2. The highest BCUT2D eigenvalue weighted by Gasteiger charge is 2.17. The van der Waals surface area contributed by atoms with Crippen LogP contribution in [-0.2, 0) is 41.9 Å². The fraction of sp³-hybridized carbons (Fsp3) is 0.361. The Morgan fingerprint density at radius 2 is 1.52 bits per heavy atom.